The van der Waals surface area contributed by atoms with Crippen LogP contribution in [0.25, 0.3) is 0 Å². The molecule has 0 saturated heterocycles. The average molecular weight is 269 g/mol. The van der Waals surface area contributed by atoms with Gasteiger partial charge in [0.25, 0.3) is 0 Å². The van der Waals surface area contributed by atoms with Crippen LogP contribution in [0.5, 0.6) is 11.5 Å². The zero-order valence-corrected chi connectivity index (χ0v) is 11.6. The van der Waals surface area contributed by atoms with Crippen LogP contribution >= 0.6 is 0 Å². The Labute approximate surface area is 119 Å². The van der Waals surface area contributed by atoms with Crippen molar-refractivity contribution in [2.75, 3.05) is 12.4 Å². The number of phenolic OH excluding ortho intramolecular Hbond substituents is 1. The van der Waals surface area contributed by atoms with E-state index in [2.05, 4.69) is 5.32 Å². The Morgan fingerprint density at radius 3 is 2.95 bits per heavy atom. The second-order valence-corrected chi connectivity index (χ2v) is 5.20. The quantitative estimate of drug-likeness (QED) is 0.888. The number of anilines is 1. The van der Waals surface area contributed by atoms with Crippen LogP contribution in [-0.4, -0.2) is 12.2 Å². The Balaban J connectivity index is 1.87. The highest BCUT2D eigenvalue weighted by Crippen LogP contribution is 2.34. The molecule has 2 aromatic rings. The molecule has 1 aliphatic carbocycles. The van der Waals surface area contributed by atoms with E-state index in [-0.39, 0.29) is 6.04 Å². The molecule has 104 valence electrons. The molecular formula is C17H19NO2. The number of benzene rings is 2. The maximum atomic E-state index is 9.71. The lowest BCUT2D eigenvalue weighted by atomic mass is 9.87. The van der Waals surface area contributed by atoms with Crippen molar-refractivity contribution in [2.45, 2.75) is 25.3 Å². The summed E-state index contributed by atoms with van der Waals surface area (Å²) < 4.78 is 5.25. The minimum absolute atomic E-state index is 0.248. The molecule has 3 rings (SSSR count). The molecule has 2 N–H and O–H groups in total. The van der Waals surface area contributed by atoms with Gasteiger partial charge < -0.3 is 15.2 Å². The van der Waals surface area contributed by atoms with Gasteiger partial charge in [-0.25, -0.2) is 0 Å². The molecule has 1 aliphatic rings. The van der Waals surface area contributed by atoms with Crippen LogP contribution < -0.4 is 10.1 Å². The zero-order chi connectivity index (χ0) is 13.9. The first-order chi connectivity index (χ1) is 9.76. The minimum atomic E-state index is 0.248. The molecule has 0 bridgehead atoms. The van der Waals surface area contributed by atoms with Crippen molar-refractivity contribution in [3.05, 3.63) is 53.6 Å². The number of aryl methyl sites for hydroxylation is 1. The van der Waals surface area contributed by atoms with E-state index in [0.29, 0.717) is 5.75 Å². The largest absolute Gasteiger partial charge is 0.508 e. The normalized spacial score (nSPS) is 17.4. The predicted octanol–water partition coefficient (Wildman–Crippen LogP) is 3.89. The van der Waals surface area contributed by atoms with E-state index in [4.69, 9.17) is 4.74 Å². The van der Waals surface area contributed by atoms with Crippen molar-refractivity contribution in [2.24, 2.45) is 0 Å². The SMILES string of the molecule is COc1cccc(NC2CCCc3ccc(O)cc32)c1. The molecule has 20 heavy (non-hydrogen) atoms. The minimum Gasteiger partial charge on any atom is -0.508 e. The van der Waals surface area contributed by atoms with E-state index in [1.165, 1.54) is 17.5 Å². The van der Waals surface area contributed by atoms with Crippen LogP contribution in [0.15, 0.2) is 42.5 Å². The van der Waals surface area contributed by atoms with Crippen molar-refractivity contribution in [3.8, 4) is 11.5 Å². The topological polar surface area (TPSA) is 41.5 Å². The summed E-state index contributed by atoms with van der Waals surface area (Å²) in [7, 11) is 1.67. The Bertz CT molecular complexity index is 610. The number of methoxy groups -OCH3 is 1. The fraction of sp³-hybridized carbons (Fsp3) is 0.294. The zero-order valence-electron chi connectivity index (χ0n) is 11.6. The molecule has 1 atom stereocenters. The van der Waals surface area contributed by atoms with Crippen LogP contribution in [0, 0.1) is 0 Å². The first-order valence-electron chi connectivity index (χ1n) is 6.98. The second kappa shape index (κ2) is 5.45. The van der Waals surface area contributed by atoms with Crippen LogP contribution in [0.1, 0.15) is 30.0 Å². The Kier molecular flexibility index (Phi) is 3.50. The number of nitrogens with one attached hydrogen (secondary N) is 1. The third-order valence-electron chi connectivity index (χ3n) is 3.85. The van der Waals surface area contributed by atoms with Crippen molar-refractivity contribution in [1.29, 1.82) is 0 Å². The first-order valence-corrected chi connectivity index (χ1v) is 6.98. The highest BCUT2D eigenvalue weighted by molar-refractivity contribution is 5.51. The molecule has 0 saturated carbocycles. The van der Waals surface area contributed by atoms with Gasteiger partial charge in [0.15, 0.2) is 0 Å². The Hall–Kier alpha value is -2.16. The van der Waals surface area contributed by atoms with Crippen LogP contribution in [0.3, 0.4) is 0 Å². The van der Waals surface area contributed by atoms with E-state index in [1.807, 2.05) is 36.4 Å². The van der Waals surface area contributed by atoms with Crippen molar-refractivity contribution < 1.29 is 9.84 Å². The molecule has 0 spiro atoms. The molecule has 0 amide bonds. The second-order valence-electron chi connectivity index (χ2n) is 5.20. The van der Waals surface area contributed by atoms with E-state index in [1.54, 1.807) is 13.2 Å². The Morgan fingerprint density at radius 1 is 1.20 bits per heavy atom. The summed E-state index contributed by atoms with van der Waals surface area (Å²) in [5.74, 6) is 1.19. The van der Waals surface area contributed by atoms with Crippen LogP contribution in [0.2, 0.25) is 0 Å². The summed E-state index contributed by atoms with van der Waals surface area (Å²) in [6, 6.07) is 13.9. The number of rotatable bonds is 3. The van der Waals surface area contributed by atoms with E-state index in [9.17, 15) is 5.11 Å². The highest BCUT2D eigenvalue weighted by atomic mass is 16.5. The smallest absolute Gasteiger partial charge is 0.120 e. The van der Waals surface area contributed by atoms with Gasteiger partial charge in [-0.3, -0.25) is 0 Å². The van der Waals surface area contributed by atoms with Crippen molar-refractivity contribution in [3.63, 3.8) is 0 Å². The van der Waals surface area contributed by atoms with E-state index < -0.39 is 0 Å². The molecule has 3 heteroatoms. The van der Waals surface area contributed by atoms with Gasteiger partial charge >= 0.3 is 0 Å². The standard InChI is InChI=1S/C17H19NO2/c1-20-15-6-3-5-13(10-15)18-17-7-2-4-12-8-9-14(19)11-16(12)17/h3,5-6,8-11,17-19H,2,4,7H2,1H3. The van der Waals surface area contributed by atoms with Gasteiger partial charge in [-0.2, -0.15) is 0 Å². The highest BCUT2D eigenvalue weighted by Gasteiger charge is 2.20. The van der Waals surface area contributed by atoms with Gasteiger partial charge in [-0.05, 0) is 54.7 Å². The van der Waals surface area contributed by atoms with Crippen molar-refractivity contribution >= 4 is 5.69 Å². The molecule has 2 aromatic carbocycles. The van der Waals surface area contributed by atoms with Gasteiger partial charge in [0.05, 0.1) is 13.2 Å². The Morgan fingerprint density at radius 2 is 2.10 bits per heavy atom. The summed E-state index contributed by atoms with van der Waals surface area (Å²) in [5.41, 5.74) is 3.58. The lowest BCUT2D eigenvalue weighted by Gasteiger charge is -2.27. The molecular weight excluding hydrogens is 250 g/mol. The van der Waals surface area contributed by atoms with E-state index >= 15 is 0 Å². The number of hydrogen-bond donors (Lipinski definition) is 2. The molecule has 0 radical (unpaired) electrons. The fourth-order valence-electron chi connectivity index (χ4n) is 2.85. The summed E-state index contributed by atoms with van der Waals surface area (Å²) in [6.07, 6.45) is 3.33. The van der Waals surface area contributed by atoms with Gasteiger partial charge in [0, 0.05) is 11.8 Å². The van der Waals surface area contributed by atoms with Gasteiger partial charge in [0.1, 0.15) is 11.5 Å². The third-order valence-corrected chi connectivity index (χ3v) is 3.85. The maximum absolute atomic E-state index is 9.71. The maximum Gasteiger partial charge on any atom is 0.120 e. The molecule has 0 aliphatic heterocycles. The lowest BCUT2D eigenvalue weighted by Crippen LogP contribution is -2.17. The summed E-state index contributed by atoms with van der Waals surface area (Å²) in [5, 5.41) is 13.3. The van der Waals surface area contributed by atoms with Crippen LogP contribution in [0.4, 0.5) is 5.69 Å². The number of aromatic hydroxyl groups is 1. The summed E-state index contributed by atoms with van der Waals surface area (Å²) in [4.78, 5) is 0. The number of fused-ring (bicyclic) bond motifs is 1. The van der Waals surface area contributed by atoms with Gasteiger partial charge in [0.2, 0.25) is 0 Å². The summed E-state index contributed by atoms with van der Waals surface area (Å²) in [6.45, 7) is 0. The fourth-order valence-corrected chi connectivity index (χ4v) is 2.85. The average Bonchev–Trinajstić information content (AvgIpc) is 2.48. The van der Waals surface area contributed by atoms with Crippen LogP contribution in [-0.2, 0) is 6.42 Å². The molecule has 1 unspecified atom stereocenters. The predicted molar refractivity (Wildman–Crippen MR) is 80.4 cm³/mol. The van der Waals surface area contributed by atoms with E-state index in [0.717, 1.165) is 24.3 Å². The van der Waals surface area contributed by atoms with Gasteiger partial charge in [-0.15, -0.1) is 0 Å². The molecule has 3 nitrogen and oxygen atoms in total. The third kappa shape index (κ3) is 2.57. The lowest BCUT2D eigenvalue weighted by molar-refractivity contribution is 0.415. The molecule has 0 aromatic heterocycles. The number of ether oxygens (including phenoxy) is 1. The monoisotopic (exact) mass is 269 g/mol. The number of phenols is 1. The van der Waals surface area contributed by atoms with Crippen molar-refractivity contribution in [1.82, 2.24) is 0 Å². The molecule has 0 heterocycles. The van der Waals surface area contributed by atoms with Gasteiger partial charge in [-0.1, -0.05) is 12.1 Å². The molecule has 0 fully saturated rings. The summed E-state index contributed by atoms with van der Waals surface area (Å²) >= 11 is 0. The number of hydrogen-bond acceptors (Lipinski definition) is 3. The first kappa shape index (κ1) is 12.9.